The zero-order valence-electron chi connectivity index (χ0n) is 12.2. The first-order valence-electron chi connectivity index (χ1n) is 7.54. The predicted octanol–water partition coefficient (Wildman–Crippen LogP) is 4.65. The standard InChI is InChI=1S/C17H24ClN/c1-10-7-16(18)11(2)6-14(10)17(19-3)15-9-12-4-5-13(15)8-12/h6-7,12-13,15,17,19H,4-5,8-9H2,1-3H3. The Morgan fingerprint density at radius 1 is 1.16 bits per heavy atom. The summed E-state index contributed by atoms with van der Waals surface area (Å²) in [6, 6.07) is 4.93. The Balaban J connectivity index is 1.92. The molecule has 2 fully saturated rings. The second kappa shape index (κ2) is 5.10. The van der Waals surface area contributed by atoms with E-state index in [0.717, 1.165) is 22.8 Å². The highest BCUT2D eigenvalue weighted by Crippen LogP contribution is 2.52. The minimum Gasteiger partial charge on any atom is -0.313 e. The summed E-state index contributed by atoms with van der Waals surface area (Å²) in [5, 5.41) is 4.48. The first-order valence-corrected chi connectivity index (χ1v) is 7.92. The van der Waals surface area contributed by atoms with E-state index in [0.29, 0.717) is 6.04 Å². The number of hydrogen-bond acceptors (Lipinski definition) is 1. The summed E-state index contributed by atoms with van der Waals surface area (Å²) in [4.78, 5) is 0. The van der Waals surface area contributed by atoms with Crippen molar-refractivity contribution in [3.05, 3.63) is 33.8 Å². The van der Waals surface area contributed by atoms with Crippen molar-refractivity contribution >= 4 is 11.6 Å². The van der Waals surface area contributed by atoms with Gasteiger partial charge in [-0.3, -0.25) is 0 Å². The molecule has 104 valence electrons. The highest BCUT2D eigenvalue weighted by molar-refractivity contribution is 6.31. The van der Waals surface area contributed by atoms with Crippen LogP contribution in [0.3, 0.4) is 0 Å². The summed E-state index contributed by atoms with van der Waals surface area (Å²) in [7, 11) is 2.11. The molecule has 3 rings (SSSR count). The van der Waals surface area contributed by atoms with Gasteiger partial charge in [0, 0.05) is 11.1 Å². The van der Waals surface area contributed by atoms with Crippen molar-refractivity contribution in [2.45, 2.75) is 45.6 Å². The number of aryl methyl sites for hydroxylation is 2. The van der Waals surface area contributed by atoms with E-state index < -0.39 is 0 Å². The van der Waals surface area contributed by atoms with Crippen LogP contribution in [0.5, 0.6) is 0 Å². The maximum absolute atomic E-state index is 6.24. The van der Waals surface area contributed by atoms with Crippen LogP contribution in [0.1, 0.15) is 48.4 Å². The van der Waals surface area contributed by atoms with E-state index in [-0.39, 0.29) is 0 Å². The molecule has 0 saturated heterocycles. The summed E-state index contributed by atoms with van der Waals surface area (Å²) >= 11 is 6.24. The smallest absolute Gasteiger partial charge is 0.0438 e. The molecule has 1 aromatic carbocycles. The average molecular weight is 278 g/mol. The maximum atomic E-state index is 6.24. The molecule has 0 radical (unpaired) electrons. The summed E-state index contributed by atoms with van der Waals surface area (Å²) < 4.78 is 0. The molecule has 19 heavy (non-hydrogen) atoms. The van der Waals surface area contributed by atoms with Gasteiger partial charge in [0.25, 0.3) is 0 Å². The van der Waals surface area contributed by atoms with Crippen LogP contribution in [-0.4, -0.2) is 7.05 Å². The summed E-state index contributed by atoms with van der Waals surface area (Å²) in [5.41, 5.74) is 3.99. The molecule has 1 nitrogen and oxygen atoms in total. The minimum atomic E-state index is 0.506. The van der Waals surface area contributed by atoms with Gasteiger partial charge in [-0.25, -0.2) is 0 Å². The third kappa shape index (κ3) is 2.32. The quantitative estimate of drug-likeness (QED) is 0.848. The van der Waals surface area contributed by atoms with Crippen molar-refractivity contribution < 1.29 is 0 Å². The topological polar surface area (TPSA) is 12.0 Å². The molecule has 4 atom stereocenters. The number of fused-ring (bicyclic) bond motifs is 2. The fraction of sp³-hybridized carbons (Fsp3) is 0.647. The van der Waals surface area contributed by atoms with Crippen LogP contribution in [0.4, 0.5) is 0 Å². The Morgan fingerprint density at radius 3 is 2.53 bits per heavy atom. The molecule has 0 heterocycles. The lowest BCUT2D eigenvalue weighted by Gasteiger charge is -2.32. The summed E-state index contributed by atoms with van der Waals surface area (Å²) in [5.74, 6) is 2.76. The zero-order chi connectivity index (χ0) is 13.6. The molecule has 0 amide bonds. The lowest BCUT2D eigenvalue weighted by molar-refractivity contribution is 0.259. The Labute approximate surface area is 121 Å². The van der Waals surface area contributed by atoms with Crippen LogP contribution < -0.4 is 5.32 Å². The molecule has 4 unspecified atom stereocenters. The van der Waals surface area contributed by atoms with Gasteiger partial charge in [0.1, 0.15) is 0 Å². The van der Waals surface area contributed by atoms with E-state index in [9.17, 15) is 0 Å². The average Bonchev–Trinajstić information content (AvgIpc) is 2.99. The molecule has 1 aromatic rings. The van der Waals surface area contributed by atoms with Crippen molar-refractivity contribution in [1.82, 2.24) is 5.32 Å². The Bertz CT molecular complexity index is 482. The van der Waals surface area contributed by atoms with Gasteiger partial charge in [0.15, 0.2) is 0 Å². The van der Waals surface area contributed by atoms with E-state index in [4.69, 9.17) is 11.6 Å². The van der Waals surface area contributed by atoms with Crippen LogP contribution in [-0.2, 0) is 0 Å². The van der Waals surface area contributed by atoms with Crippen molar-refractivity contribution in [3.63, 3.8) is 0 Å². The molecule has 0 spiro atoms. The van der Waals surface area contributed by atoms with Crippen LogP contribution in [0.15, 0.2) is 12.1 Å². The number of halogens is 1. The highest BCUT2D eigenvalue weighted by atomic mass is 35.5. The van der Waals surface area contributed by atoms with Gasteiger partial charge in [-0.15, -0.1) is 0 Å². The molecule has 2 heteroatoms. The predicted molar refractivity (Wildman–Crippen MR) is 81.7 cm³/mol. The molecule has 0 aromatic heterocycles. The van der Waals surface area contributed by atoms with Gasteiger partial charge < -0.3 is 5.32 Å². The molecule has 2 bridgehead atoms. The number of rotatable bonds is 3. The molecule has 1 N–H and O–H groups in total. The minimum absolute atomic E-state index is 0.506. The zero-order valence-corrected chi connectivity index (χ0v) is 12.9. The molecular weight excluding hydrogens is 254 g/mol. The van der Waals surface area contributed by atoms with Crippen molar-refractivity contribution in [2.24, 2.45) is 17.8 Å². The third-order valence-corrected chi connectivity index (χ3v) is 5.82. The number of benzene rings is 1. The first kappa shape index (κ1) is 13.5. The van der Waals surface area contributed by atoms with Crippen molar-refractivity contribution in [1.29, 1.82) is 0 Å². The van der Waals surface area contributed by atoms with Gasteiger partial charge >= 0.3 is 0 Å². The van der Waals surface area contributed by atoms with E-state index in [1.165, 1.54) is 42.4 Å². The van der Waals surface area contributed by atoms with E-state index in [1.54, 1.807) is 0 Å². The van der Waals surface area contributed by atoms with Crippen LogP contribution in [0.2, 0.25) is 5.02 Å². The van der Waals surface area contributed by atoms with Crippen LogP contribution in [0, 0.1) is 31.6 Å². The Hall–Kier alpha value is -0.530. The second-order valence-electron chi connectivity index (χ2n) is 6.56. The summed E-state index contributed by atoms with van der Waals surface area (Å²) in [6.45, 7) is 4.30. The number of hydrogen-bond donors (Lipinski definition) is 1. The van der Waals surface area contributed by atoms with Gasteiger partial charge in [0.2, 0.25) is 0 Å². The first-order chi connectivity index (χ1) is 9.10. The molecule has 0 aliphatic heterocycles. The second-order valence-corrected chi connectivity index (χ2v) is 6.97. The van der Waals surface area contributed by atoms with Gasteiger partial charge in [-0.2, -0.15) is 0 Å². The SMILES string of the molecule is CNC(c1cc(C)c(Cl)cc1C)C1CC2CCC1C2. The Morgan fingerprint density at radius 2 is 1.95 bits per heavy atom. The van der Waals surface area contributed by atoms with Crippen molar-refractivity contribution in [3.8, 4) is 0 Å². The number of nitrogens with one attached hydrogen (secondary N) is 1. The van der Waals surface area contributed by atoms with E-state index in [1.807, 2.05) is 0 Å². The van der Waals surface area contributed by atoms with Crippen molar-refractivity contribution in [2.75, 3.05) is 7.05 Å². The molecule has 2 aliphatic carbocycles. The maximum Gasteiger partial charge on any atom is 0.0438 e. The highest BCUT2D eigenvalue weighted by Gasteiger charge is 2.43. The van der Waals surface area contributed by atoms with Crippen LogP contribution in [0.25, 0.3) is 0 Å². The largest absolute Gasteiger partial charge is 0.313 e. The van der Waals surface area contributed by atoms with E-state index in [2.05, 4.69) is 38.3 Å². The fourth-order valence-electron chi connectivity index (χ4n) is 4.44. The third-order valence-electron chi connectivity index (χ3n) is 5.41. The van der Waals surface area contributed by atoms with E-state index >= 15 is 0 Å². The molecule has 2 saturated carbocycles. The summed E-state index contributed by atoms with van der Waals surface area (Å²) in [6.07, 6.45) is 5.79. The monoisotopic (exact) mass is 277 g/mol. The Kier molecular flexibility index (Phi) is 3.61. The van der Waals surface area contributed by atoms with Crippen LogP contribution >= 0.6 is 11.6 Å². The molecular formula is C17H24ClN. The van der Waals surface area contributed by atoms with Gasteiger partial charge in [-0.05, 0) is 80.7 Å². The lowest BCUT2D eigenvalue weighted by Crippen LogP contribution is -2.29. The normalized spacial score (nSPS) is 30.8. The molecule has 2 aliphatic rings. The van der Waals surface area contributed by atoms with Gasteiger partial charge in [-0.1, -0.05) is 24.1 Å². The lowest BCUT2D eigenvalue weighted by atomic mass is 9.79. The fourth-order valence-corrected chi connectivity index (χ4v) is 4.66. The van der Waals surface area contributed by atoms with Gasteiger partial charge in [0.05, 0.1) is 0 Å².